The third-order valence-corrected chi connectivity index (χ3v) is 5.20. The Hall–Kier alpha value is -3.25. The van der Waals surface area contributed by atoms with Crippen molar-refractivity contribution in [2.24, 2.45) is 0 Å². The third-order valence-electron chi connectivity index (χ3n) is 4.51. The van der Waals surface area contributed by atoms with Crippen LogP contribution in [-0.2, 0) is 9.53 Å². The molecule has 3 aromatic carbocycles. The van der Waals surface area contributed by atoms with E-state index in [2.05, 4.69) is 21.2 Å². The lowest BCUT2D eigenvalue weighted by molar-refractivity contribution is -0.119. The number of carbonyl (C=O) groups excluding carboxylic acids is 3. The van der Waals surface area contributed by atoms with Crippen molar-refractivity contribution in [3.8, 4) is 0 Å². The lowest BCUT2D eigenvalue weighted by Gasteiger charge is -2.11. The van der Waals surface area contributed by atoms with E-state index in [1.807, 2.05) is 32.0 Å². The van der Waals surface area contributed by atoms with Gasteiger partial charge in [0.05, 0.1) is 11.3 Å². The fourth-order valence-electron chi connectivity index (χ4n) is 2.94. The molecular weight excluding hydrogens is 446 g/mol. The Morgan fingerprint density at radius 1 is 0.867 bits per heavy atom. The van der Waals surface area contributed by atoms with Crippen molar-refractivity contribution < 1.29 is 19.1 Å². The van der Waals surface area contributed by atoms with Gasteiger partial charge in [0, 0.05) is 15.6 Å². The summed E-state index contributed by atoms with van der Waals surface area (Å²) in [6.07, 6.45) is 0. The minimum atomic E-state index is -0.730. The second-order valence-corrected chi connectivity index (χ2v) is 7.65. The molecule has 0 saturated carbocycles. The molecule has 1 amide bonds. The predicted molar refractivity (Wildman–Crippen MR) is 119 cm³/mol. The monoisotopic (exact) mass is 465 g/mol. The number of hydrogen-bond donors (Lipinski definition) is 1. The fourth-order valence-corrected chi connectivity index (χ4v) is 3.33. The number of rotatable bonds is 6. The normalized spacial score (nSPS) is 10.4. The maximum Gasteiger partial charge on any atom is 0.339 e. The number of hydrogen-bond acceptors (Lipinski definition) is 4. The van der Waals surface area contributed by atoms with Crippen molar-refractivity contribution in [3.05, 3.63) is 99.0 Å². The number of amides is 1. The zero-order valence-corrected chi connectivity index (χ0v) is 18.2. The molecule has 152 valence electrons. The molecule has 0 unspecified atom stereocenters. The fraction of sp³-hybridized carbons (Fsp3) is 0.125. The summed E-state index contributed by atoms with van der Waals surface area (Å²) in [6.45, 7) is 3.28. The SMILES string of the molecule is Cc1ccc(C)c(C(=O)c2ccccc2C(=O)OCC(=O)Nc2ccccc2Br)c1. The van der Waals surface area contributed by atoms with Crippen LogP contribution in [0, 0.1) is 13.8 Å². The third kappa shape index (κ3) is 5.02. The van der Waals surface area contributed by atoms with Gasteiger partial charge in [0.15, 0.2) is 12.4 Å². The number of ketones is 1. The molecule has 3 aromatic rings. The molecule has 0 aromatic heterocycles. The van der Waals surface area contributed by atoms with E-state index in [0.29, 0.717) is 15.7 Å². The Bertz CT molecular complexity index is 1120. The summed E-state index contributed by atoms with van der Waals surface area (Å²) < 4.78 is 5.88. The number of para-hydroxylation sites is 1. The molecule has 0 bridgehead atoms. The van der Waals surface area contributed by atoms with Crippen LogP contribution in [0.4, 0.5) is 5.69 Å². The second kappa shape index (κ2) is 9.50. The molecule has 1 N–H and O–H groups in total. The van der Waals surface area contributed by atoms with Gasteiger partial charge in [-0.05, 0) is 59.6 Å². The van der Waals surface area contributed by atoms with E-state index in [0.717, 1.165) is 11.1 Å². The number of halogens is 1. The maximum atomic E-state index is 13.1. The molecule has 0 radical (unpaired) electrons. The van der Waals surface area contributed by atoms with Crippen molar-refractivity contribution in [2.45, 2.75) is 13.8 Å². The van der Waals surface area contributed by atoms with Crippen molar-refractivity contribution in [1.29, 1.82) is 0 Å². The van der Waals surface area contributed by atoms with Crippen molar-refractivity contribution in [2.75, 3.05) is 11.9 Å². The summed E-state index contributed by atoms with van der Waals surface area (Å²) in [7, 11) is 0. The van der Waals surface area contributed by atoms with E-state index in [-0.39, 0.29) is 16.9 Å². The molecule has 0 fully saturated rings. The Kier molecular flexibility index (Phi) is 6.79. The van der Waals surface area contributed by atoms with Crippen LogP contribution in [0.2, 0.25) is 0 Å². The molecule has 0 aliphatic carbocycles. The van der Waals surface area contributed by atoms with Gasteiger partial charge in [-0.3, -0.25) is 9.59 Å². The highest BCUT2D eigenvalue weighted by molar-refractivity contribution is 9.10. The zero-order valence-electron chi connectivity index (χ0n) is 16.6. The van der Waals surface area contributed by atoms with Gasteiger partial charge >= 0.3 is 5.97 Å². The summed E-state index contributed by atoms with van der Waals surface area (Å²) >= 11 is 3.34. The van der Waals surface area contributed by atoms with Crippen molar-refractivity contribution >= 4 is 39.3 Å². The molecule has 6 heteroatoms. The summed E-state index contributed by atoms with van der Waals surface area (Å²) in [6, 6.07) is 19.2. The Morgan fingerprint density at radius 3 is 2.27 bits per heavy atom. The topological polar surface area (TPSA) is 72.5 Å². The number of nitrogens with one attached hydrogen (secondary N) is 1. The number of aryl methyl sites for hydroxylation is 2. The molecular formula is C24H20BrNO4. The standard InChI is InChI=1S/C24H20BrNO4/c1-15-11-12-16(2)19(13-15)23(28)17-7-3-4-8-18(17)24(29)30-14-22(27)26-21-10-6-5-9-20(21)25/h3-13H,14H2,1-2H3,(H,26,27). The van der Waals surface area contributed by atoms with Gasteiger partial charge in [-0.15, -0.1) is 0 Å². The van der Waals surface area contributed by atoms with Crippen LogP contribution < -0.4 is 5.32 Å². The molecule has 0 atom stereocenters. The number of carbonyl (C=O) groups is 3. The highest BCUT2D eigenvalue weighted by atomic mass is 79.9. The lowest BCUT2D eigenvalue weighted by Crippen LogP contribution is -2.22. The van der Waals surface area contributed by atoms with Gasteiger partial charge in [0.25, 0.3) is 5.91 Å². The molecule has 30 heavy (non-hydrogen) atoms. The first-order valence-corrected chi connectivity index (χ1v) is 10.1. The molecule has 5 nitrogen and oxygen atoms in total. The molecule has 0 aliphatic heterocycles. The second-order valence-electron chi connectivity index (χ2n) is 6.80. The largest absolute Gasteiger partial charge is 0.452 e. The summed E-state index contributed by atoms with van der Waals surface area (Å²) in [5, 5.41) is 2.66. The van der Waals surface area contributed by atoms with Gasteiger partial charge < -0.3 is 10.1 Å². The van der Waals surface area contributed by atoms with E-state index < -0.39 is 18.5 Å². The first kappa shape index (κ1) is 21.5. The molecule has 0 spiro atoms. The number of ether oxygens (including phenoxy) is 1. The quantitative estimate of drug-likeness (QED) is 0.406. The smallest absolute Gasteiger partial charge is 0.339 e. The minimum absolute atomic E-state index is 0.122. The zero-order chi connectivity index (χ0) is 21.7. The van der Waals surface area contributed by atoms with E-state index in [1.165, 1.54) is 6.07 Å². The first-order chi connectivity index (χ1) is 14.4. The lowest BCUT2D eigenvalue weighted by atomic mass is 9.94. The van der Waals surface area contributed by atoms with Crippen molar-refractivity contribution in [3.63, 3.8) is 0 Å². The highest BCUT2D eigenvalue weighted by Gasteiger charge is 2.21. The van der Waals surface area contributed by atoms with Crippen molar-refractivity contribution in [1.82, 2.24) is 0 Å². The predicted octanol–water partition coefficient (Wildman–Crippen LogP) is 5.09. The average Bonchev–Trinajstić information content (AvgIpc) is 2.75. The van der Waals surface area contributed by atoms with E-state index in [4.69, 9.17) is 4.74 Å². The van der Waals surface area contributed by atoms with Crippen LogP contribution >= 0.6 is 15.9 Å². The van der Waals surface area contributed by atoms with Gasteiger partial charge in [0.1, 0.15) is 0 Å². The van der Waals surface area contributed by atoms with Gasteiger partial charge in [-0.2, -0.15) is 0 Å². The van der Waals surface area contributed by atoms with Crippen LogP contribution in [0.25, 0.3) is 0 Å². The Morgan fingerprint density at radius 2 is 1.53 bits per heavy atom. The van der Waals surface area contributed by atoms with E-state index in [1.54, 1.807) is 42.5 Å². The Labute approximate surface area is 183 Å². The maximum absolute atomic E-state index is 13.1. The van der Waals surface area contributed by atoms with Gasteiger partial charge in [-0.25, -0.2) is 4.79 Å². The van der Waals surface area contributed by atoms with Crippen LogP contribution in [0.5, 0.6) is 0 Å². The number of anilines is 1. The van der Waals surface area contributed by atoms with Gasteiger partial charge in [-0.1, -0.05) is 48.0 Å². The average molecular weight is 466 g/mol. The summed E-state index contributed by atoms with van der Waals surface area (Å²) in [4.78, 5) is 37.8. The summed E-state index contributed by atoms with van der Waals surface area (Å²) in [5.41, 5.74) is 3.24. The molecule has 0 heterocycles. The minimum Gasteiger partial charge on any atom is -0.452 e. The number of esters is 1. The highest BCUT2D eigenvalue weighted by Crippen LogP contribution is 2.22. The van der Waals surface area contributed by atoms with Crippen LogP contribution in [0.15, 0.2) is 71.2 Å². The van der Waals surface area contributed by atoms with Crippen LogP contribution in [0.1, 0.15) is 37.4 Å². The van der Waals surface area contributed by atoms with Gasteiger partial charge in [0.2, 0.25) is 0 Å². The molecule has 0 aliphatic rings. The van der Waals surface area contributed by atoms with E-state index >= 15 is 0 Å². The first-order valence-electron chi connectivity index (χ1n) is 9.29. The van der Waals surface area contributed by atoms with Crippen LogP contribution in [-0.4, -0.2) is 24.3 Å². The number of benzene rings is 3. The summed E-state index contributed by atoms with van der Waals surface area (Å²) in [5.74, 6) is -1.47. The Balaban J connectivity index is 1.74. The molecule has 0 saturated heterocycles. The van der Waals surface area contributed by atoms with Crippen LogP contribution in [0.3, 0.4) is 0 Å². The molecule has 3 rings (SSSR count). The van der Waals surface area contributed by atoms with E-state index in [9.17, 15) is 14.4 Å².